The minimum absolute atomic E-state index is 0.0505. The predicted octanol–water partition coefficient (Wildman–Crippen LogP) is -1.56. The number of amides is 2. The standard InChI is InChI=1S/C10H16N2O7S/c1-19-10(16)11-8(13)5-12-2-3-20(17,18)6-7(12)4-9(14)15/h7H,2-6H2,1H3,(H,14,15)(H,11,13,16). The first kappa shape index (κ1) is 16.4. The van der Waals surface area contributed by atoms with Crippen LogP contribution in [0.1, 0.15) is 6.42 Å². The molecular formula is C10H16N2O7S. The molecule has 1 heterocycles. The Morgan fingerprint density at radius 2 is 2.05 bits per heavy atom. The van der Waals surface area contributed by atoms with Crippen molar-refractivity contribution < 1.29 is 32.6 Å². The number of carboxylic acids is 1. The van der Waals surface area contributed by atoms with Gasteiger partial charge in [-0.1, -0.05) is 0 Å². The summed E-state index contributed by atoms with van der Waals surface area (Å²) in [4.78, 5) is 34.6. The fraction of sp³-hybridized carbons (Fsp3) is 0.700. The minimum atomic E-state index is -3.30. The zero-order chi connectivity index (χ0) is 15.3. The van der Waals surface area contributed by atoms with Crippen LogP contribution < -0.4 is 5.32 Å². The molecule has 20 heavy (non-hydrogen) atoms. The van der Waals surface area contributed by atoms with Gasteiger partial charge in [-0.25, -0.2) is 13.2 Å². The summed E-state index contributed by atoms with van der Waals surface area (Å²) in [7, 11) is -2.20. The summed E-state index contributed by atoms with van der Waals surface area (Å²) in [6.45, 7) is -0.211. The molecule has 1 unspecified atom stereocenters. The first-order valence-corrected chi connectivity index (χ1v) is 7.59. The van der Waals surface area contributed by atoms with Gasteiger partial charge in [0, 0.05) is 12.6 Å². The Labute approximate surface area is 115 Å². The van der Waals surface area contributed by atoms with E-state index in [-0.39, 0.29) is 31.0 Å². The van der Waals surface area contributed by atoms with Gasteiger partial charge in [-0.05, 0) is 0 Å². The van der Waals surface area contributed by atoms with E-state index in [9.17, 15) is 22.8 Å². The van der Waals surface area contributed by atoms with Crippen molar-refractivity contribution >= 4 is 27.8 Å². The van der Waals surface area contributed by atoms with Crippen molar-refractivity contribution in [1.29, 1.82) is 0 Å². The number of ether oxygens (including phenoxy) is 1. The van der Waals surface area contributed by atoms with Crippen LogP contribution in [-0.2, 0) is 24.2 Å². The summed E-state index contributed by atoms with van der Waals surface area (Å²) in [5, 5.41) is 10.7. The lowest BCUT2D eigenvalue weighted by Crippen LogP contribution is -2.53. The fourth-order valence-corrected chi connectivity index (χ4v) is 3.50. The van der Waals surface area contributed by atoms with Crippen LogP contribution in [0.3, 0.4) is 0 Å². The SMILES string of the molecule is COC(=O)NC(=O)CN1CCS(=O)(=O)CC1CC(=O)O. The van der Waals surface area contributed by atoms with Gasteiger partial charge >= 0.3 is 12.1 Å². The number of carbonyl (C=O) groups excluding carboxylic acids is 2. The number of hydrogen-bond acceptors (Lipinski definition) is 7. The van der Waals surface area contributed by atoms with Gasteiger partial charge < -0.3 is 9.84 Å². The quantitative estimate of drug-likeness (QED) is 0.638. The zero-order valence-electron chi connectivity index (χ0n) is 10.9. The smallest absolute Gasteiger partial charge is 0.413 e. The lowest BCUT2D eigenvalue weighted by molar-refractivity contribution is -0.138. The number of nitrogens with one attached hydrogen (secondary N) is 1. The average Bonchev–Trinajstić information content (AvgIpc) is 2.31. The van der Waals surface area contributed by atoms with Gasteiger partial charge in [0.2, 0.25) is 5.91 Å². The summed E-state index contributed by atoms with van der Waals surface area (Å²) >= 11 is 0. The summed E-state index contributed by atoms with van der Waals surface area (Å²) in [6.07, 6.45) is -1.31. The maximum Gasteiger partial charge on any atom is 0.413 e. The zero-order valence-corrected chi connectivity index (χ0v) is 11.7. The van der Waals surface area contributed by atoms with E-state index in [2.05, 4.69) is 4.74 Å². The molecule has 2 N–H and O–H groups in total. The van der Waals surface area contributed by atoms with E-state index in [4.69, 9.17) is 5.11 Å². The Hall–Kier alpha value is -1.68. The number of alkyl carbamates (subject to hydrolysis) is 1. The lowest BCUT2D eigenvalue weighted by Gasteiger charge is -2.33. The number of nitrogens with zero attached hydrogens (tertiary/aromatic N) is 1. The minimum Gasteiger partial charge on any atom is -0.481 e. The van der Waals surface area contributed by atoms with E-state index in [1.54, 1.807) is 0 Å². The maximum atomic E-state index is 11.5. The highest BCUT2D eigenvalue weighted by molar-refractivity contribution is 7.91. The molecule has 10 heteroatoms. The number of carbonyl (C=O) groups is 3. The summed E-state index contributed by atoms with van der Waals surface area (Å²) in [5.41, 5.74) is 0. The second-order valence-corrected chi connectivity index (χ2v) is 6.61. The molecule has 0 aromatic heterocycles. The Morgan fingerprint density at radius 3 is 2.60 bits per heavy atom. The van der Waals surface area contributed by atoms with Crippen LogP contribution in [0.15, 0.2) is 0 Å². The Bertz CT molecular complexity index is 502. The highest BCUT2D eigenvalue weighted by Gasteiger charge is 2.33. The Balaban J connectivity index is 2.68. The molecule has 0 aliphatic carbocycles. The molecule has 0 aromatic rings. The van der Waals surface area contributed by atoms with E-state index >= 15 is 0 Å². The number of carboxylic acid groups (broad SMARTS) is 1. The summed E-state index contributed by atoms with van der Waals surface area (Å²) in [5.74, 6) is -2.28. The molecule has 0 bridgehead atoms. The van der Waals surface area contributed by atoms with Gasteiger partial charge in [-0.3, -0.25) is 19.8 Å². The molecule has 0 aromatic carbocycles. The van der Waals surface area contributed by atoms with Crippen molar-refractivity contribution in [2.45, 2.75) is 12.5 Å². The molecule has 0 saturated carbocycles. The molecule has 1 fully saturated rings. The van der Waals surface area contributed by atoms with Gasteiger partial charge in [0.15, 0.2) is 9.84 Å². The molecule has 1 aliphatic heterocycles. The largest absolute Gasteiger partial charge is 0.481 e. The second-order valence-electron chi connectivity index (χ2n) is 4.38. The summed E-state index contributed by atoms with van der Waals surface area (Å²) in [6, 6.07) is -0.783. The molecule has 1 rings (SSSR count). The highest BCUT2D eigenvalue weighted by atomic mass is 32.2. The number of rotatable bonds is 4. The fourth-order valence-electron chi connectivity index (χ4n) is 1.91. The van der Waals surface area contributed by atoms with Gasteiger partial charge in [0.05, 0.1) is 31.6 Å². The van der Waals surface area contributed by atoms with Crippen molar-refractivity contribution in [2.24, 2.45) is 0 Å². The maximum absolute atomic E-state index is 11.5. The number of imide groups is 1. The molecular weight excluding hydrogens is 292 g/mol. The van der Waals surface area contributed by atoms with Crippen molar-refractivity contribution in [3.05, 3.63) is 0 Å². The van der Waals surface area contributed by atoms with Gasteiger partial charge in [0.1, 0.15) is 0 Å². The first-order valence-electron chi connectivity index (χ1n) is 5.77. The molecule has 9 nitrogen and oxygen atoms in total. The van der Waals surface area contributed by atoms with Crippen LogP contribution in [0.5, 0.6) is 0 Å². The van der Waals surface area contributed by atoms with Crippen molar-refractivity contribution in [2.75, 3.05) is 31.7 Å². The van der Waals surface area contributed by atoms with Crippen LogP contribution >= 0.6 is 0 Å². The van der Waals surface area contributed by atoms with E-state index in [0.717, 1.165) is 7.11 Å². The van der Waals surface area contributed by atoms with Crippen LogP contribution in [0.2, 0.25) is 0 Å². The monoisotopic (exact) mass is 308 g/mol. The van der Waals surface area contributed by atoms with Gasteiger partial charge in [0.25, 0.3) is 0 Å². The number of hydrogen-bond donors (Lipinski definition) is 2. The van der Waals surface area contributed by atoms with E-state index in [0.29, 0.717) is 0 Å². The molecule has 1 aliphatic rings. The molecule has 0 spiro atoms. The lowest BCUT2D eigenvalue weighted by atomic mass is 10.2. The van der Waals surface area contributed by atoms with E-state index < -0.39 is 33.8 Å². The molecule has 1 atom stereocenters. The molecule has 0 radical (unpaired) electrons. The predicted molar refractivity (Wildman–Crippen MR) is 66.8 cm³/mol. The topological polar surface area (TPSA) is 130 Å². The van der Waals surface area contributed by atoms with Crippen molar-refractivity contribution in [1.82, 2.24) is 10.2 Å². The third kappa shape index (κ3) is 5.13. The van der Waals surface area contributed by atoms with Crippen molar-refractivity contribution in [3.8, 4) is 0 Å². The van der Waals surface area contributed by atoms with Crippen LogP contribution in [0, 0.1) is 0 Å². The highest BCUT2D eigenvalue weighted by Crippen LogP contribution is 2.14. The second kappa shape index (κ2) is 6.66. The van der Waals surface area contributed by atoms with Crippen LogP contribution in [0.4, 0.5) is 4.79 Å². The number of sulfone groups is 1. The van der Waals surface area contributed by atoms with E-state index in [1.165, 1.54) is 4.90 Å². The number of methoxy groups -OCH3 is 1. The Morgan fingerprint density at radius 1 is 1.40 bits per heavy atom. The van der Waals surface area contributed by atoms with Crippen LogP contribution in [-0.4, -0.2) is 74.1 Å². The Kier molecular flexibility index (Phi) is 5.45. The third-order valence-electron chi connectivity index (χ3n) is 2.84. The van der Waals surface area contributed by atoms with Gasteiger partial charge in [-0.15, -0.1) is 0 Å². The van der Waals surface area contributed by atoms with Crippen molar-refractivity contribution in [3.63, 3.8) is 0 Å². The first-order chi connectivity index (χ1) is 9.23. The van der Waals surface area contributed by atoms with Gasteiger partial charge in [-0.2, -0.15) is 0 Å². The average molecular weight is 308 g/mol. The molecule has 2 amide bonds. The van der Waals surface area contributed by atoms with E-state index in [1.807, 2.05) is 5.32 Å². The number of aliphatic carboxylic acids is 1. The van der Waals surface area contributed by atoms with Crippen LogP contribution in [0.25, 0.3) is 0 Å². The molecule has 114 valence electrons. The molecule has 1 saturated heterocycles. The normalized spacial score (nSPS) is 21.9. The summed E-state index contributed by atoms with van der Waals surface area (Å²) < 4.78 is 27.3. The third-order valence-corrected chi connectivity index (χ3v) is 4.53.